The summed E-state index contributed by atoms with van der Waals surface area (Å²) in [5.41, 5.74) is -1.12. The van der Waals surface area contributed by atoms with Crippen LogP contribution in [-0.2, 0) is 28.5 Å². The Kier molecular flexibility index (Phi) is 7.77. The summed E-state index contributed by atoms with van der Waals surface area (Å²) in [6.07, 6.45) is 2.49. The minimum absolute atomic E-state index is 0.179. The van der Waals surface area contributed by atoms with Crippen molar-refractivity contribution in [1.29, 1.82) is 0 Å². The Balaban J connectivity index is 1.75. The number of methoxy groups -OCH3 is 1. The Labute approximate surface area is 243 Å². The molecule has 1 heterocycles. The van der Waals surface area contributed by atoms with Gasteiger partial charge in [0.25, 0.3) is 0 Å². The van der Waals surface area contributed by atoms with E-state index in [1.807, 2.05) is 6.07 Å². The van der Waals surface area contributed by atoms with E-state index in [1.54, 1.807) is 51.3 Å². The molecule has 3 aliphatic carbocycles. The topological polar surface area (TPSA) is 101 Å². The maximum atomic E-state index is 13.9. The fraction of sp³-hybridized carbons (Fsp3) is 0.636. The highest BCUT2D eigenvalue weighted by molar-refractivity contribution is 5.89. The van der Waals surface area contributed by atoms with Crippen LogP contribution >= 0.6 is 0 Å². The lowest BCUT2D eigenvalue weighted by atomic mass is 9.50. The number of aliphatic hydroxyl groups is 1. The zero-order chi connectivity index (χ0) is 29.8. The molecule has 1 unspecified atom stereocenters. The van der Waals surface area contributed by atoms with Crippen molar-refractivity contribution in [3.05, 3.63) is 59.7 Å². The minimum Gasteiger partial charge on any atom is -0.457 e. The van der Waals surface area contributed by atoms with E-state index in [0.717, 1.165) is 12.0 Å². The molecule has 0 bridgehead atoms. The summed E-state index contributed by atoms with van der Waals surface area (Å²) < 4.78 is 31.1. The molecule has 1 aliphatic heterocycles. The Morgan fingerprint density at radius 1 is 1.20 bits per heavy atom. The number of allylic oxidation sites excluding steroid dienone is 1. The van der Waals surface area contributed by atoms with E-state index in [-0.39, 0.29) is 12.7 Å². The van der Waals surface area contributed by atoms with Gasteiger partial charge in [-0.25, -0.2) is 4.79 Å². The van der Waals surface area contributed by atoms with Crippen molar-refractivity contribution < 1.29 is 38.4 Å². The van der Waals surface area contributed by atoms with Crippen molar-refractivity contribution in [3.63, 3.8) is 0 Å². The predicted molar refractivity (Wildman–Crippen MR) is 152 cm³/mol. The summed E-state index contributed by atoms with van der Waals surface area (Å²) in [7, 11) is 1.57. The van der Waals surface area contributed by atoms with Gasteiger partial charge in [-0.1, -0.05) is 42.8 Å². The first kappa shape index (κ1) is 30.0. The number of carbonyl (C=O) groups excluding carboxylic acids is 2. The van der Waals surface area contributed by atoms with Crippen LogP contribution in [0.4, 0.5) is 0 Å². The van der Waals surface area contributed by atoms with Gasteiger partial charge in [0.05, 0.1) is 29.3 Å². The number of esters is 2. The molecule has 0 amide bonds. The molecule has 1 aromatic rings. The first-order valence-electron chi connectivity index (χ1n) is 14.6. The molecule has 8 heteroatoms. The molecule has 8 atom stereocenters. The monoisotopic (exact) mass is 568 g/mol. The number of ether oxygens (including phenoxy) is 5. The summed E-state index contributed by atoms with van der Waals surface area (Å²) in [4.78, 5) is 26.6. The van der Waals surface area contributed by atoms with Crippen LogP contribution in [0.1, 0.15) is 77.1 Å². The van der Waals surface area contributed by atoms with Gasteiger partial charge in [-0.3, -0.25) is 4.79 Å². The molecule has 3 fully saturated rings. The molecule has 1 aromatic carbocycles. The second-order valence-electron chi connectivity index (χ2n) is 13.0. The van der Waals surface area contributed by atoms with Crippen LogP contribution in [0.3, 0.4) is 0 Å². The molecule has 1 saturated heterocycles. The van der Waals surface area contributed by atoms with E-state index in [2.05, 4.69) is 20.4 Å². The van der Waals surface area contributed by atoms with Gasteiger partial charge >= 0.3 is 11.9 Å². The van der Waals surface area contributed by atoms with Gasteiger partial charge in [-0.2, -0.15) is 0 Å². The van der Waals surface area contributed by atoms with Crippen LogP contribution in [-0.4, -0.2) is 66.6 Å². The second kappa shape index (κ2) is 10.6. The molecule has 0 aromatic heterocycles. The number of rotatable bonds is 8. The van der Waals surface area contributed by atoms with E-state index in [0.29, 0.717) is 31.2 Å². The fourth-order valence-electron chi connectivity index (χ4n) is 8.52. The molecule has 0 spiro atoms. The summed E-state index contributed by atoms with van der Waals surface area (Å²) >= 11 is 0. The third-order valence-electron chi connectivity index (χ3n) is 10.5. The van der Waals surface area contributed by atoms with Crippen molar-refractivity contribution in [2.24, 2.45) is 16.7 Å². The van der Waals surface area contributed by atoms with Crippen LogP contribution in [0.15, 0.2) is 54.1 Å². The first-order chi connectivity index (χ1) is 19.3. The Bertz CT molecular complexity index is 1220. The average Bonchev–Trinajstić information content (AvgIpc) is 3.21. The molecule has 224 valence electrons. The molecule has 8 nitrogen and oxygen atoms in total. The van der Waals surface area contributed by atoms with Crippen LogP contribution < -0.4 is 0 Å². The van der Waals surface area contributed by atoms with Gasteiger partial charge in [-0.15, -0.1) is 0 Å². The minimum atomic E-state index is -1.26. The second-order valence-corrected chi connectivity index (χ2v) is 13.0. The summed E-state index contributed by atoms with van der Waals surface area (Å²) in [5, 5.41) is 12.1. The summed E-state index contributed by atoms with van der Waals surface area (Å²) in [6.45, 7) is 13.3. The van der Waals surface area contributed by atoms with Crippen molar-refractivity contribution in [3.8, 4) is 0 Å². The molecule has 4 aliphatic rings. The van der Waals surface area contributed by atoms with Crippen molar-refractivity contribution in [1.82, 2.24) is 0 Å². The third-order valence-corrected chi connectivity index (χ3v) is 10.5. The number of hydrogen-bond donors (Lipinski definition) is 1. The van der Waals surface area contributed by atoms with Gasteiger partial charge in [0, 0.05) is 31.8 Å². The predicted octanol–water partition coefficient (Wildman–Crippen LogP) is 5.14. The highest BCUT2D eigenvalue weighted by Gasteiger charge is 2.75. The van der Waals surface area contributed by atoms with Crippen molar-refractivity contribution >= 4 is 11.9 Å². The highest BCUT2D eigenvalue weighted by atomic mass is 16.7. The van der Waals surface area contributed by atoms with E-state index in [4.69, 9.17) is 23.7 Å². The fourth-order valence-corrected chi connectivity index (χ4v) is 8.52. The number of carbonyl (C=O) groups is 2. The molecular formula is C33H44O8. The number of fused-ring (bicyclic) bond motifs is 4. The van der Waals surface area contributed by atoms with E-state index in [9.17, 15) is 14.7 Å². The first-order valence-corrected chi connectivity index (χ1v) is 14.6. The average molecular weight is 569 g/mol. The van der Waals surface area contributed by atoms with Gasteiger partial charge in [-0.05, 0) is 64.7 Å². The van der Waals surface area contributed by atoms with E-state index < -0.39 is 58.4 Å². The largest absolute Gasteiger partial charge is 0.457 e. The maximum Gasteiger partial charge on any atom is 0.338 e. The molecular weight excluding hydrogens is 524 g/mol. The Hall–Kier alpha value is -2.52. The van der Waals surface area contributed by atoms with E-state index >= 15 is 0 Å². The molecule has 1 N–H and O–H groups in total. The zero-order valence-corrected chi connectivity index (χ0v) is 25.1. The van der Waals surface area contributed by atoms with Gasteiger partial charge < -0.3 is 28.8 Å². The lowest BCUT2D eigenvalue weighted by Gasteiger charge is -2.65. The van der Waals surface area contributed by atoms with Crippen LogP contribution in [0, 0.1) is 16.7 Å². The van der Waals surface area contributed by atoms with Gasteiger partial charge in [0.2, 0.25) is 0 Å². The maximum absolute atomic E-state index is 13.9. The van der Waals surface area contributed by atoms with Crippen LogP contribution in [0.25, 0.3) is 0 Å². The lowest BCUT2D eigenvalue weighted by molar-refractivity contribution is -0.351. The Morgan fingerprint density at radius 2 is 1.90 bits per heavy atom. The Morgan fingerprint density at radius 3 is 2.46 bits per heavy atom. The molecule has 5 rings (SSSR count). The highest BCUT2D eigenvalue weighted by Crippen LogP contribution is 2.68. The van der Waals surface area contributed by atoms with E-state index in [1.165, 1.54) is 12.5 Å². The molecule has 2 saturated carbocycles. The lowest BCUT2D eigenvalue weighted by Crippen LogP contribution is -2.77. The summed E-state index contributed by atoms with van der Waals surface area (Å²) in [6, 6.07) is 8.89. The van der Waals surface area contributed by atoms with Crippen molar-refractivity contribution in [2.45, 2.75) is 103 Å². The molecule has 41 heavy (non-hydrogen) atoms. The standard InChI is InChI=1S/C33H44O8/c1-8-26(37-7)39-24-18-25-33(19-38-25,41-21(3)34)27-28(40-29(35)22-12-10-9-11-13-22)32(30(4,5)36)17-14-20(2)23(32)15-16-31(24,27)6/h8-13,24-28,36H,1,14-19H2,2-7H3/t24-,25+,26+,27?,28-,31+,32-,33-/m0/s1. The zero-order valence-electron chi connectivity index (χ0n) is 25.1. The normalized spacial score (nSPS) is 37.0. The molecule has 0 radical (unpaired) electrons. The smallest absolute Gasteiger partial charge is 0.338 e. The number of hydrogen-bond acceptors (Lipinski definition) is 8. The third kappa shape index (κ3) is 4.58. The van der Waals surface area contributed by atoms with Gasteiger partial charge in [0.1, 0.15) is 12.2 Å². The quantitative estimate of drug-likeness (QED) is 0.261. The number of benzene rings is 1. The van der Waals surface area contributed by atoms with Crippen LogP contribution in [0.2, 0.25) is 0 Å². The van der Waals surface area contributed by atoms with Gasteiger partial charge in [0.15, 0.2) is 11.9 Å². The van der Waals surface area contributed by atoms with Crippen LogP contribution in [0.5, 0.6) is 0 Å². The van der Waals surface area contributed by atoms with Crippen molar-refractivity contribution in [2.75, 3.05) is 13.7 Å². The summed E-state index contributed by atoms with van der Waals surface area (Å²) in [5.74, 6) is -1.44. The SMILES string of the molecule is C=C[C@H](OC)O[C@H]1C[C@H]2OC[C@@]2(OC(C)=O)C2[C@H](OC(=O)c3ccccc3)[C@]3(C(C)(C)O)CCC(C)=C3CC[C@@]21C.